The molecule has 108 valence electrons. The van der Waals surface area contributed by atoms with Crippen molar-refractivity contribution in [2.75, 3.05) is 0 Å². The van der Waals surface area contributed by atoms with Crippen LogP contribution in [0, 0.1) is 11.3 Å². The Bertz CT molecular complexity index is 732. The van der Waals surface area contributed by atoms with Crippen molar-refractivity contribution in [3.05, 3.63) is 65.7 Å². The van der Waals surface area contributed by atoms with E-state index in [1.54, 1.807) is 19.1 Å². The first-order valence-electron chi connectivity index (χ1n) is 6.56. The van der Waals surface area contributed by atoms with Crippen molar-refractivity contribution in [1.82, 2.24) is 4.72 Å². The van der Waals surface area contributed by atoms with E-state index in [0.717, 1.165) is 11.1 Å². The Kier molecular flexibility index (Phi) is 4.73. The molecule has 4 nitrogen and oxygen atoms in total. The molecule has 0 amide bonds. The van der Waals surface area contributed by atoms with Gasteiger partial charge in [-0.15, -0.1) is 0 Å². The first-order valence-corrected chi connectivity index (χ1v) is 8.04. The van der Waals surface area contributed by atoms with Gasteiger partial charge in [-0.25, -0.2) is 13.1 Å². The monoisotopic (exact) mass is 300 g/mol. The Morgan fingerprint density at radius 2 is 1.71 bits per heavy atom. The van der Waals surface area contributed by atoms with Crippen LogP contribution in [0.15, 0.2) is 59.5 Å². The van der Waals surface area contributed by atoms with Gasteiger partial charge in [-0.1, -0.05) is 42.5 Å². The summed E-state index contributed by atoms with van der Waals surface area (Å²) in [6, 6.07) is 17.5. The molecule has 0 aliphatic rings. The van der Waals surface area contributed by atoms with Crippen LogP contribution in [-0.2, 0) is 16.4 Å². The number of nitriles is 1. The number of hydrogen-bond acceptors (Lipinski definition) is 3. The summed E-state index contributed by atoms with van der Waals surface area (Å²) in [5, 5.41) is 8.61. The number of sulfonamides is 1. The number of benzene rings is 2. The fourth-order valence-electron chi connectivity index (χ4n) is 1.99. The molecule has 0 saturated carbocycles. The van der Waals surface area contributed by atoms with Gasteiger partial charge in [0.15, 0.2) is 0 Å². The third-order valence-electron chi connectivity index (χ3n) is 3.15. The maximum atomic E-state index is 12.3. The van der Waals surface area contributed by atoms with Crippen LogP contribution in [0.25, 0.3) is 0 Å². The topological polar surface area (TPSA) is 70.0 Å². The Morgan fingerprint density at radius 3 is 2.29 bits per heavy atom. The van der Waals surface area contributed by atoms with E-state index in [-0.39, 0.29) is 17.4 Å². The van der Waals surface area contributed by atoms with Crippen LogP contribution < -0.4 is 4.72 Å². The number of nitrogens with one attached hydrogen (secondary N) is 1. The molecule has 0 radical (unpaired) electrons. The van der Waals surface area contributed by atoms with Crippen molar-refractivity contribution in [3.8, 4) is 6.07 Å². The second kappa shape index (κ2) is 6.53. The largest absolute Gasteiger partial charge is 0.241 e. The molecule has 2 aromatic rings. The van der Waals surface area contributed by atoms with Crippen LogP contribution in [0.2, 0.25) is 0 Å². The van der Waals surface area contributed by atoms with Crippen molar-refractivity contribution in [3.63, 3.8) is 0 Å². The first-order chi connectivity index (χ1) is 10.0. The lowest BCUT2D eigenvalue weighted by Crippen LogP contribution is -2.26. The van der Waals surface area contributed by atoms with Gasteiger partial charge in [-0.3, -0.25) is 0 Å². The molecular weight excluding hydrogens is 284 g/mol. The molecule has 0 unspecified atom stereocenters. The van der Waals surface area contributed by atoms with Crippen molar-refractivity contribution in [2.45, 2.75) is 24.3 Å². The van der Waals surface area contributed by atoms with E-state index < -0.39 is 10.0 Å². The van der Waals surface area contributed by atoms with E-state index in [0.29, 0.717) is 0 Å². The summed E-state index contributed by atoms with van der Waals surface area (Å²) in [6.07, 6.45) is 0.272. The molecule has 0 aliphatic carbocycles. The predicted molar refractivity (Wildman–Crippen MR) is 80.9 cm³/mol. The van der Waals surface area contributed by atoms with Crippen LogP contribution in [0.5, 0.6) is 0 Å². The molecule has 0 heterocycles. The number of nitrogens with zero attached hydrogens (tertiary/aromatic N) is 1. The Morgan fingerprint density at radius 1 is 1.10 bits per heavy atom. The van der Waals surface area contributed by atoms with Crippen molar-refractivity contribution >= 4 is 10.0 Å². The van der Waals surface area contributed by atoms with E-state index in [9.17, 15) is 8.42 Å². The highest BCUT2D eigenvalue weighted by Gasteiger charge is 2.18. The fourth-order valence-corrected chi connectivity index (χ4v) is 3.22. The molecule has 0 bridgehead atoms. The highest BCUT2D eigenvalue weighted by atomic mass is 32.2. The van der Waals surface area contributed by atoms with Gasteiger partial charge >= 0.3 is 0 Å². The summed E-state index contributed by atoms with van der Waals surface area (Å²) < 4.78 is 27.3. The standard InChI is InChI=1S/C16H16N2O2S/c1-13(15-5-3-2-4-6-15)18-21(19,20)16-9-7-14(8-10-16)11-12-17/h2-10,13,18H,11H2,1H3/t13-/m0/s1. The zero-order valence-corrected chi connectivity index (χ0v) is 12.5. The highest BCUT2D eigenvalue weighted by Crippen LogP contribution is 2.17. The van der Waals surface area contributed by atoms with Gasteiger partial charge in [-0.05, 0) is 30.2 Å². The van der Waals surface area contributed by atoms with E-state index in [4.69, 9.17) is 5.26 Å². The average Bonchev–Trinajstić information content (AvgIpc) is 2.48. The summed E-state index contributed by atoms with van der Waals surface area (Å²) in [4.78, 5) is 0.201. The van der Waals surface area contributed by atoms with Gasteiger partial charge < -0.3 is 0 Å². The molecule has 5 heteroatoms. The molecule has 21 heavy (non-hydrogen) atoms. The van der Waals surface area contributed by atoms with Crippen LogP contribution in [-0.4, -0.2) is 8.42 Å². The number of hydrogen-bond donors (Lipinski definition) is 1. The molecule has 0 fully saturated rings. The second-order valence-electron chi connectivity index (χ2n) is 4.73. The lowest BCUT2D eigenvalue weighted by Gasteiger charge is -2.14. The Balaban J connectivity index is 2.17. The van der Waals surface area contributed by atoms with Gasteiger partial charge in [0.1, 0.15) is 0 Å². The van der Waals surface area contributed by atoms with E-state index >= 15 is 0 Å². The molecule has 0 aliphatic heterocycles. The minimum absolute atomic E-state index is 0.201. The Hall–Kier alpha value is -2.16. The summed E-state index contributed by atoms with van der Waals surface area (Å²) in [6.45, 7) is 1.80. The maximum Gasteiger partial charge on any atom is 0.241 e. The van der Waals surface area contributed by atoms with Crippen LogP contribution in [0.3, 0.4) is 0 Å². The second-order valence-corrected chi connectivity index (χ2v) is 6.45. The van der Waals surface area contributed by atoms with Crippen molar-refractivity contribution in [1.29, 1.82) is 5.26 Å². The molecule has 0 spiro atoms. The third-order valence-corrected chi connectivity index (χ3v) is 4.70. The zero-order chi connectivity index (χ0) is 15.3. The molecule has 0 aromatic heterocycles. The molecule has 2 rings (SSSR count). The van der Waals surface area contributed by atoms with Gasteiger partial charge in [0.25, 0.3) is 0 Å². The lowest BCUT2D eigenvalue weighted by molar-refractivity contribution is 0.567. The molecule has 0 saturated heterocycles. The molecular formula is C16H16N2O2S. The van der Waals surface area contributed by atoms with Crippen molar-refractivity contribution in [2.24, 2.45) is 0 Å². The third kappa shape index (κ3) is 3.91. The first kappa shape index (κ1) is 15.2. The van der Waals surface area contributed by atoms with Gasteiger partial charge in [0.05, 0.1) is 17.4 Å². The summed E-state index contributed by atoms with van der Waals surface area (Å²) >= 11 is 0. The van der Waals surface area contributed by atoms with Crippen LogP contribution >= 0.6 is 0 Å². The zero-order valence-electron chi connectivity index (χ0n) is 11.7. The van der Waals surface area contributed by atoms with E-state index in [2.05, 4.69) is 4.72 Å². The van der Waals surface area contributed by atoms with E-state index in [1.165, 1.54) is 12.1 Å². The summed E-state index contributed by atoms with van der Waals surface area (Å²) in [7, 11) is -3.57. The van der Waals surface area contributed by atoms with Gasteiger partial charge in [0.2, 0.25) is 10.0 Å². The van der Waals surface area contributed by atoms with E-state index in [1.807, 2.05) is 36.4 Å². The smallest absolute Gasteiger partial charge is 0.207 e. The molecule has 2 aromatic carbocycles. The quantitative estimate of drug-likeness (QED) is 0.923. The van der Waals surface area contributed by atoms with Crippen molar-refractivity contribution < 1.29 is 8.42 Å². The van der Waals surface area contributed by atoms with Crippen LogP contribution in [0.1, 0.15) is 24.1 Å². The predicted octanol–water partition coefficient (Wildman–Crippen LogP) is 2.79. The van der Waals surface area contributed by atoms with Gasteiger partial charge in [0, 0.05) is 6.04 Å². The minimum Gasteiger partial charge on any atom is -0.207 e. The minimum atomic E-state index is -3.57. The Labute approximate surface area is 125 Å². The maximum absolute atomic E-state index is 12.3. The highest BCUT2D eigenvalue weighted by molar-refractivity contribution is 7.89. The average molecular weight is 300 g/mol. The summed E-state index contributed by atoms with van der Waals surface area (Å²) in [5.74, 6) is 0. The lowest BCUT2D eigenvalue weighted by atomic mass is 10.1. The normalized spacial score (nSPS) is 12.6. The molecule has 1 N–H and O–H groups in total. The van der Waals surface area contributed by atoms with Gasteiger partial charge in [-0.2, -0.15) is 5.26 Å². The summed E-state index contributed by atoms with van der Waals surface area (Å²) in [5.41, 5.74) is 1.70. The SMILES string of the molecule is C[C@H](NS(=O)(=O)c1ccc(CC#N)cc1)c1ccccc1. The van der Waals surface area contributed by atoms with Crippen LogP contribution in [0.4, 0.5) is 0 Å². The number of rotatable bonds is 5. The molecule has 1 atom stereocenters. The fraction of sp³-hybridized carbons (Fsp3) is 0.188.